The lowest BCUT2D eigenvalue weighted by molar-refractivity contribution is 0.0628. The minimum atomic E-state index is -0.0627. The monoisotopic (exact) mass is 398 g/mol. The molecule has 0 unspecified atom stereocenters. The maximum Gasteiger partial charge on any atom is 0.289 e. The van der Waals surface area contributed by atoms with Crippen LogP contribution in [0.3, 0.4) is 0 Å². The number of rotatable bonds is 4. The van der Waals surface area contributed by atoms with Crippen LogP contribution in [0, 0.1) is 5.92 Å². The Labute approximate surface area is 147 Å². The molecule has 3 rings (SSSR count). The van der Waals surface area contributed by atoms with Crippen molar-refractivity contribution in [1.82, 2.24) is 9.88 Å². The summed E-state index contributed by atoms with van der Waals surface area (Å²) in [6, 6.07) is 5.18. The van der Waals surface area contributed by atoms with Crippen molar-refractivity contribution in [3.8, 4) is 5.75 Å². The molecule has 1 aliphatic rings. The van der Waals surface area contributed by atoms with Gasteiger partial charge in [0.15, 0.2) is 10.4 Å². The number of hydrogen-bond acceptors (Lipinski definition) is 4. The highest BCUT2D eigenvalue weighted by Crippen LogP contribution is 2.25. The van der Waals surface area contributed by atoms with Crippen LogP contribution in [0.4, 0.5) is 0 Å². The molecule has 0 radical (unpaired) electrons. The van der Waals surface area contributed by atoms with Gasteiger partial charge in [-0.05, 0) is 46.8 Å². The van der Waals surface area contributed by atoms with E-state index >= 15 is 0 Å². The summed E-state index contributed by atoms with van der Waals surface area (Å²) in [5, 5.41) is 0.517. The molecule has 0 atom stereocenters. The number of hydrogen-bond donors (Lipinski definition) is 0. The van der Waals surface area contributed by atoms with Crippen molar-refractivity contribution in [3.63, 3.8) is 0 Å². The first kappa shape index (κ1) is 16.3. The molecule has 1 amide bonds. The Morgan fingerprint density at radius 1 is 1.39 bits per heavy atom. The molecule has 0 bridgehead atoms. The number of amides is 1. The summed E-state index contributed by atoms with van der Waals surface area (Å²) in [4.78, 5) is 18.1. The molecular formula is C16H16BrClN2O3. The molecule has 1 aliphatic heterocycles. The van der Waals surface area contributed by atoms with Crippen LogP contribution >= 0.6 is 27.5 Å². The molecule has 5 nitrogen and oxygen atoms in total. The molecule has 3 heterocycles. The molecule has 1 fully saturated rings. The Balaban J connectivity index is 1.49. The Morgan fingerprint density at radius 3 is 2.83 bits per heavy atom. The SMILES string of the molecule is O=C(c1ccc(Br)o1)N1CCC(COc2ccncc2Cl)CC1. The number of nitrogens with zero attached hydrogens (tertiary/aromatic N) is 2. The van der Waals surface area contributed by atoms with Crippen LogP contribution in [0.1, 0.15) is 23.4 Å². The van der Waals surface area contributed by atoms with Gasteiger partial charge >= 0.3 is 0 Å². The van der Waals surface area contributed by atoms with Crippen molar-refractivity contribution in [2.24, 2.45) is 5.92 Å². The fourth-order valence-corrected chi connectivity index (χ4v) is 3.06. The predicted octanol–water partition coefficient (Wildman–Crippen LogP) is 4.02. The highest BCUT2D eigenvalue weighted by molar-refractivity contribution is 9.10. The van der Waals surface area contributed by atoms with Crippen molar-refractivity contribution >= 4 is 33.4 Å². The first-order valence-corrected chi connectivity index (χ1v) is 8.57. The van der Waals surface area contributed by atoms with Crippen LogP contribution in [-0.2, 0) is 0 Å². The quantitative estimate of drug-likeness (QED) is 0.779. The highest BCUT2D eigenvalue weighted by atomic mass is 79.9. The second kappa shape index (κ2) is 7.36. The van der Waals surface area contributed by atoms with E-state index < -0.39 is 0 Å². The van der Waals surface area contributed by atoms with E-state index in [1.54, 1.807) is 30.6 Å². The standard InChI is InChI=1S/C16H16BrClN2O3/c17-15-2-1-14(23-15)16(21)20-7-4-11(5-8-20)10-22-13-3-6-19-9-12(13)18/h1-3,6,9,11H,4-5,7-8,10H2. The average molecular weight is 400 g/mol. The normalized spacial score (nSPS) is 15.7. The summed E-state index contributed by atoms with van der Waals surface area (Å²) in [5.74, 6) is 1.37. The van der Waals surface area contributed by atoms with Gasteiger partial charge in [-0.25, -0.2) is 0 Å². The molecule has 0 aromatic carbocycles. The largest absolute Gasteiger partial charge is 0.492 e. The topological polar surface area (TPSA) is 55.6 Å². The second-order valence-corrected chi connectivity index (χ2v) is 6.65. The molecule has 2 aromatic heterocycles. The first-order chi connectivity index (χ1) is 11.1. The molecule has 1 saturated heterocycles. The van der Waals surface area contributed by atoms with Crippen LogP contribution in [0.25, 0.3) is 0 Å². The van der Waals surface area contributed by atoms with E-state index in [1.807, 2.05) is 4.90 Å². The van der Waals surface area contributed by atoms with Gasteiger partial charge in [-0.1, -0.05) is 11.6 Å². The second-order valence-electron chi connectivity index (χ2n) is 5.46. The Morgan fingerprint density at radius 2 is 2.17 bits per heavy atom. The number of furan rings is 1. The predicted molar refractivity (Wildman–Crippen MR) is 89.8 cm³/mol. The van der Waals surface area contributed by atoms with Gasteiger partial charge < -0.3 is 14.1 Å². The van der Waals surface area contributed by atoms with Gasteiger partial charge in [0.25, 0.3) is 5.91 Å². The van der Waals surface area contributed by atoms with Crippen molar-refractivity contribution in [2.45, 2.75) is 12.8 Å². The van der Waals surface area contributed by atoms with Gasteiger partial charge in [-0.2, -0.15) is 0 Å². The minimum absolute atomic E-state index is 0.0627. The Hall–Kier alpha value is -1.53. The van der Waals surface area contributed by atoms with Crippen LogP contribution in [0.5, 0.6) is 5.75 Å². The van der Waals surface area contributed by atoms with Crippen molar-refractivity contribution in [3.05, 3.63) is 46.0 Å². The number of carbonyl (C=O) groups excluding carboxylic acids is 1. The number of halogens is 2. The van der Waals surface area contributed by atoms with Crippen LogP contribution in [-0.4, -0.2) is 35.5 Å². The van der Waals surface area contributed by atoms with E-state index in [1.165, 1.54) is 0 Å². The fraction of sp³-hybridized carbons (Fsp3) is 0.375. The van der Waals surface area contributed by atoms with E-state index in [9.17, 15) is 4.79 Å². The van der Waals surface area contributed by atoms with Gasteiger partial charge in [0, 0.05) is 31.5 Å². The third kappa shape index (κ3) is 4.06. The zero-order valence-electron chi connectivity index (χ0n) is 12.4. The maximum atomic E-state index is 12.3. The summed E-state index contributed by atoms with van der Waals surface area (Å²) in [6.07, 6.45) is 5.02. The van der Waals surface area contributed by atoms with Gasteiger partial charge in [0.2, 0.25) is 0 Å². The van der Waals surface area contributed by atoms with Crippen LogP contribution in [0.2, 0.25) is 5.02 Å². The van der Waals surface area contributed by atoms with E-state index in [2.05, 4.69) is 20.9 Å². The lowest BCUT2D eigenvalue weighted by Gasteiger charge is -2.31. The summed E-state index contributed by atoms with van der Waals surface area (Å²) in [6.45, 7) is 2.00. The molecule has 0 saturated carbocycles. The van der Waals surface area contributed by atoms with E-state index in [4.69, 9.17) is 20.8 Å². The molecular weight excluding hydrogens is 384 g/mol. The third-order valence-electron chi connectivity index (χ3n) is 3.90. The first-order valence-electron chi connectivity index (χ1n) is 7.40. The number of likely N-dealkylation sites (tertiary alicyclic amines) is 1. The van der Waals surface area contributed by atoms with Gasteiger partial charge in [0.05, 0.1) is 6.61 Å². The fourth-order valence-electron chi connectivity index (χ4n) is 2.57. The van der Waals surface area contributed by atoms with Crippen LogP contribution in [0.15, 0.2) is 39.7 Å². The third-order valence-corrected chi connectivity index (χ3v) is 4.61. The summed E-state index contributed by atoms with van der Waals surface area (Å²) in [7, 11) is 0. The summed E-state index contributed by atoms with van der Waals surface area (Å²) in [5.41, 5.74) is 0. The van der Waals surface area contributed by atoms with Crippen molar-refractivity contribution < 1.29 is 13.9 Å². The number of aromatic nitrogens is 1. The molecule has 122 valence electrons. The Bertz CT molecular complexity index is 683. The average Bonchev–Trinajstić information content (AvgIpc) is 3.00. The molecule has 23 heavy (non-hydrogen) atoms. The molecule has 0 aliphatic carbocycles. The van der Waals surface area contributed by atoms with Crippen molar-refractivity contribution in [2.75, 3.05) is 19.7 Å². The smallest absolute Gasteiger partial charge is 0.289 e. The maximum absolute atomic E-state index is 12.3. The van der Waals surface area contributed by atoms with Crippen molar-refractivity contribution in [1.29, 1.82) is 0 Å². The number of ether oxygens (including phenoxy) is 1. The summed E-state index contributed by atoms with van der Waals surface area (Å²) < 4.78 is 11.7. The van der Waals surface area contributed by atoms with E-state index in [0.29, 0.717) is 46.8 Å². The van der Waals surface area contributed by atoms with E-state index in [0.717, 1.165) is 12.8 Å². The number of carbonyl (C=O) groups is 1. The zero-order valence-corrected chi connectivity index (χ0v) is 14.7. The van der Waals surface area contributed by atoms with Gasteiger partial charge in [0.1, 0.15) is 10.8 Å². The van der Waals surface area contributed by atoms with Crippen LogP contribution < -0.4 is 4.74 Å². The van der Waals surface area contributed by atoms with Gasteiger partial charge in [-0.3, -0.25) is 9.78 Å². The lowest BCUT2D eigenvalue weighted by atomic mass is 9.97. The lowest BCUT2D eigenvalue weighted by Crippen LogP contribution is -2.39. The number of piperidine rings is 1. The zero-order chi connectivity index (χ0) is 16.2. The minimum Gasteiger partial charge on any atom is -0.492 e. The number of pyridine rings is 1. The Kier molecular flexibility index (Phi) is 5.23. The highest BCUT2D eigenvalue weighted by Gasteiger charge is 2.25. The van der Waals surface area contributed by atoms with E-state index in [-0.39, 0.29) is 5.91 Å². The van der Waals surface area contributed by atoms with Gasteiger partial charge in [-0.15, -0.1) is 0 Å². The molecule has 0 N–H and O–H groups in total. The molecule has 7 heteroatoms. The summed E-state index contributed by atoms with van der Waals surface area (Å²) >= 11 is 9.24. The molecule has 2 aromatic rings. The molecule has 0 spiro atoms.